The largest absolute Gasteiger partial charge is 0.388 e. The summed E-state index contributed by atoms with van der Waals surface area (Å²) in [4.78, 5) is 4.16. The molecule has 1 aliphatic rings. The topological polar surface area (TPSA) is 45.1 Å². The molecule has 1 aliphatic carbocycles. The number of rotatable bonds is 3. The second kappa shape index (κ2) is 5.06. The Morgan fingerprint density at radius 3 is 2.56 bits per heavy atom. The number of hydrogen-bond donors (Lipinski definition) is 2. The summed E-state index contributed by atoms with van der Waals surface area (Å²) in [6.07, 6.45) is 3.81. The third-order valence-electron chi connectivity index (χ3n) is 3.85. The molecule has 100 valence electrons. The van der Waals surface area contributed by atoms with Crippen molar-refractivity contribution in [2.45, 2.75) is 45.1 Å². The lowest BCUT2D eigenvalue weighted by Gasteiger charge is -2.40. The molecule has 2 rings (SSSR count). The van der Waals surface area contributed by atoms with Crippen LogP contribution in [0.15, 0.2) is 18.2 Å². The third kappa shape index (κ3) is 3.59. The molecule has 0 amide bonds. The van der Waals surface area contributed by atoms with Gasteiger partial charge in [-0.25, -0.2) is 4.98 Å². The number of nitrogens with zero attached hydrogens (tertiary/aromatic N) is 1. The standard InChI is InChI=1S/C14H21ClN2O/c1-13(2)6-8-14(18,9-7-13)10-16-12-5-3-4-11(15)17-12/h3-5,18H,6-10H2,1-2H3,(H,16,17). The van der Waals surface area contributed by atoms with Crippen LogP contribution in [-0.2, 0) is 0 Å². The number of nitrogens with one attached hydrogen (secondary N) is 1. The number of aliphatic hydroxyl groups is 1. The van der Waals surface area contributed by atoms with Crippen LogP contribution in [0.3, 0.4) is 0 Å². The maximum absolute atomic E-state index is 10.5. The molecule has 1 aromatic rings. The Morgan fingerprint density at radius 2 is 1.94 bits per heavy atom. The zero-order valence-corrected chi connectivity index (χ0v) is 11.8. The van der Waals surface area contributed by atoms with Gasteiger partial charge < -0.3 is 10.4 Å². The second-order valence-electron chi connectivity index (χ2n) is 6.09. The van der Waals surface area contributed by atoms with E-state index >= 15 is 0 Å². The van der Waals surface area contributed by atoms with Crippen molar-refractivity contribution in [1.82, 2.24) is 4.98 Å². The van der Waals surface area contributed by atoms with E-state index in [-0.39, 0.29) is 0 Å². The van der Waals surface area contributed by atoms with Gasteiger partial charge in [0.15, 0.2) is 0 Å². The van der Waals surface area contributed by atoms with Crippen LogP contribution < -0.4 is 5.32 Å². The van der Waals surface area contributed by atoms with Crippen LogP contribution in [0.2, 0.25) is 5.15 Å². The van der Waals surface area contributed by atoms with E-state index in [1.165, 1.54) is 0 Å². The summed E-state index contributed by atoms with van der Waals surface area (Å²) in [5.41, 5.74) is -0.250. The first kappa shape index (κ1) is 13.6. The van der Waals surface area contributed by atoms with Crippen molar-refractivity contribution in [2.75, 3.05) is 11.9 Å². The van der Waals surface area contributed by atoms with Crippen LogP contribution in [0, 0.1) is 5.41 Å². The Balaban J connectivity index is 1.90. The predicted octanol–water partition coefficient (Wildman–Crippen LogP) is 3.48. The molecule has 2 N–H and O–H groups in total. The van der Waals surface area contributed by atoms with Gasteiger partial charge in [-0.3, -0.25) is 0 Å². The fraction of sp³-hybridized carbons (Fsp3) is 0.643. The molecular weight excluding hydrogens is 248 g/mol. The van der Waals surface area contributed by atoms with Gasteiger partial charge in [-0.1, -0.05) is 31.5 Å². The first-order valence-electron chi connectivity index (χ1n) is 6.48. The van der Waals surface area contributed by atoms with E-state index in [9.17, 15) is 5.11 Å². The molecule has 0 saturated heterocycles. The molecule has 0 atom stereocenters. The number of halogens is 1. The van der Waals surface area contributed by atoms with E-state index in [0.29, 0.717) is 17.1 Å². The zero-order valence-electron chi connectivity index (χ0n) is 11.0. The van der Waals surface area contributed by atoms with Crippen molar-refractivity contribution >= 4 is 17.4 Å². The van der Waals surface area contributed by atoms with E-state index < -0.39 is 5.60 Å². The molecule has 0 bridgehead atoms. The van der Waals surface area contributed by atoms with Gasteiger partial charge in [0.2, 0.25) is 0 Å². The number of hydrogen-bond acceptors (Lipinski definition) is 3. The zero-order chi connectivity index (χ0) is 13.2. The summed E-state index contributed by atoms with van der Waals surface area (Å²) in [7, 11) is 0. The van der Waals surface area contributed by atoms with Crippen molar-refractivity contribution in [3.05, 3.63) is 23.4 Å². The minimum Gasteiger partial charge on any atom is -0.388 e. The minimum atomic E-state index is -0.612. The second-order valence-corrected chi connectivity index (χ2v) is 6.47. The SMILES string of the molecule is CC1(C)CCC(O)(CNc2cccc(Cl)n2)CC1. The van der Waals surface area contributed by atoms with Gasteiger partial charge in [0, 0.05) is 6.54 Å². The average molecular weight is 269 g/mol. The van der Waals surface area contributed by atoms with Crippen LogP contribution in [0.25, 0.3) is 0 Å². The molecule has 18 heavy (non-hydrogen) atoms. The lowest BCUT2D eigenvalue weighted by Crippen LogP contribution is -2.42. The molecule has 0 unspecified atom stereocenters. The molecule has 1 saturated carbocycles. The number of pyridine rings is 1. The Bertz CT molecular complexity index is 410. The molecule has 0 aliphatic heterocycles. The lowest BCUT2D eigenvalue weighted by molar-refractivity contribution is -0.0145. The van der Waals surface area contributed by atoms with Crippen LogP contribution in [0.4, 0.5) is 5.82 Å². The molecule has 3 nitrogen and oxygen atoms in total. The first-order chi connectivity index (χ1) is 8.39. The van der Waals surface area contributed by atoms with Crippen LogP contribution in [0.5, 0.6) is 0 Å². The quantitative estimate of drug-likeness (QED) is 0.825. The fourth-order valence-corrected chi connectivity index (χ4v) is 2.49. The smallest absolute Gasteiger partial charge is 0.131 e. The summed E-state index contributed by atoms with van der Waals surface area (Å²) < 4.78 is 0. The predicted molar refractivity (Wildman–Crippen MR) is 74.9 cm³/mol. The Morgan fingerprint density at radius 1 is 1.28 bits per heavy atom. The summed E-state index contributed by atoms with van der Waals surface area (Å²) >= 11 is 5.82. The number of anilines is 1. The Labute approximate surface area is 114 Å². The Hall–Kier alpha value is -0.800. The van der Waals surface area contributed by atoms with Crippen molar-refractivity contribution in [3.63, 3.8) is 0 Å². The van der Waals surface area contributed by atoms with E-state index in [4.69, 9.17) is 11.6 Å². The Kier molecular flexibility index (Phi) is 3.83. The summed E-state index contributed by atoms with van der Waals surface area (Å²) in [5.74, 6) is 0.723. The summed E-state index contributed by atoms with van der Waals surface area (Å²) in [6.45, 7) is 5.06. The molecule has 0 radical (unpaired) electrons. The van der Waals surface area contributed by atoms with Crippen LogP contribution in [0.1, 0.15) is 39.5 Å². The summed E-state index contributed by atoms with van der Waals surface area (Å²) in [6, 6.07) is 5.46. The highest BCUT2D eigenvalue weighted by molar-refractivity contribution is 6.29. The van der Waals surface area contributed by atoms with Gasteiger partial charge in [0.1, 0.15) is 11.0 Å². The average Bonchev–Trinajstić information content (AvgIpc) is 2.32. The van der Waals surface area contributed by atoms with Gasteiger partial charge >= 0.3 is 0 Å². The minimum absolute atomic E-state index is 0.362. The van der Waals surface area contributed by atoms with Crippen molar-refractivity contribution < 1.29 is 5.11 Å². The van der Waals surface area contributed by atoms with Crippen molar-refractivity contribution in [1.29, 1.82) is 0 Å². The van der Waals surface area contributed by atoms with Crippen molar-refractivity contribution in [2.24, 2.45) is 5.41 Å². The van der Waals surface area contributed by atoms with Gasteiger partial charge in [-0.2, -0.15) is 0 Å². The van der Waals surface area contributed by atoms with Gasteiger partial charge in [-0.05, 0) is 43.2 Å². The normalized spacial score (nSPS) is 21.6. The lowest BCUT2D eigenvalue weighted by atomic mass is 9.71. The van der Waals surface area contributed by atoms with E-state index in [1.807, 2.05) is 12.1 Å². The molecule has 1 fully saturated rings. The molecule has 1 aromatic heterocycles. The third-order valence-corrected chi connectivity index (χ3v) is 4.06. The van der Waals surface area contributed by atoms with Gasteiger partial charge in [-0.15, -0.1) is 0 Å². The highest BCUT2D eigenvalue weighted by Gasteiger charge is 2.36. The molecule has 4 heteroatoms. The van der Waals surface area contributed by atoms with Crippen LogP contribution in [-0.4, -0.2) is 22.2 Å². The highest BCUT2D eigenvalue weighted by Crippen LogP contribution is 2.40. The molecule has 0 aromatic carbocycles. The molecule has 0 spiro atoms. The number of aromatic nitrogens is 1. The highest BCUT2D eigenvalue weighted by atomic mass is 35.5. The van der Waals surface area contributed by atoms with Gasteiger partial charge in [0.25, 0.3) is 0 Å². The first-order valence-corrected chi connectivity index (χ1v) is 6.85. The fourth-order valence-electron chi connectivity index (χ4n) is 2.33. The van der Waals surface area contributed by atoms with Gasteiger partial charge in [0.05, 0.1) is 5.60 Å². The molecular formula is C14H21ClN2O. The molecule has 1 heterocycles. The van der Waals surface area contributed by atoms with E-state index in [0.717, 1.165) is 31.5 Å². The summed E-state index contributed by atoms with van der Waals surface area (Å²) in [5, 5.41) is 14.2. The van der Waals surface area contributed by atoms with E-state index in [2.05, 4.69) is 24.1 Å². The monoisotopic (exact) mass is 268 g/mol. The maximum atomic E-state index is 10.5. The van der Waals surface area contributed by atoms with Crippen molar-refractivity contribution in [3.8, 4) is 0 Å². The van der Waals surface area contributed by atoms with Crippen LogP contribution >= 0.6 is 11.6 Å². The van der Waals surface area contributed by atoms with E-state index in [1.54, 1.807) is 6.07 Å². The maximum Gasteiger partial charge on any atom is 0.131 e.